The lowest BCUT2D eigenvalue weighted by Crippen LogP contribution is -2.08. The van der Waals surface area contributed by atoms with Crippen LogP contribution < -0.4 is 0 Å². The minimum absolute atomic E-state index is 0.184. The molecule has 1 aromatic carbocycles. The minimum Gasteiger partial charge on any atom is -0.271 e. The van der Waals surface area contributed by atoms with Crippen molar-refractivity contribution in [3.8, 4) is 5.69 Å². The van der Waals surface area contributed by atoms with Gasteiger partial charge in [0.1, 0.15) is 5.82 Å². The standard InChI is InChI=1S/C12H11ClF3N3S/c1-2-3-10-17-18-11(20)19(10)9-6-7(12(14,15)16)4-5-8(9)13/h4-6H,2-3H2,1H3,(H,18,20). The third-order valence-electron chi connectivity index (χ3n) is 2.73. The van der Waals surface area contributed by atoms with Gasteiger partial charge in [-0.25, -0.2) is 0 Å². The Bertz CT molecular complexity index is 675. The summed E-state index contributed by atoms with van der Waals surface area (Å²) >= 11 is 11.1. The number of H-pyrrole nitrogens is 1. The average Bonchev–Trinajstić information content (AvgIpc) is 2.70. The van der Waals surface area contributed by atoms with E-state index >= 15 is 0 Å². The third kappa shape index (κ3) is 2.88. The van der Waals surface area contributed by atoms with Crippen LogP contribution in [0.3, 0.4) is 0 Å². The van der Waals surface area contributed by atoms with Crippen LogP contribution in [0.2, 0.25) is 5.02 Å². The second-order valence-corrected chi connectivity index (χ2v) is 4.99. The Kier molecular flexibility index (Phi) is 4.19. The summed E-state index contributed by atoms with van der Waals surface area (Å²) in [5, 5.41) is 6.79. The van der Waals surface area contributed by atoms with Crippen LogP contribution in [0.4, 0.5) is 13.2 Å². The Balaban J connectivity index is 2.63. The maximum Gasteiger partial charge on any atom is 0.416 e. The van der Waals surface area contributed by atoms with Crippen LogP contribution in [-0.4, -0.2) is 14.8 Å². The molecular weight excluding hydrogens is 311 g/mol. The topological polar surface area (TPSA) is 33.6 Å². The fraction of sp³-hybridized carbons (Fsp3) is 0.333. The molecule has 0 aliphatic heterocycles. The summed E-state index contributed by atoms with van der Waals surface area (Å²) in [6, 6.07) is 3.13. The number of hydrogen-bond acceptors (Lipinski definition) is 2. The van der Waals surface area contributed by atoms with Crippen molar-refractivity contribution in [1.82, 2.24) is 14.8 Å². The predicted octanol–water partition coefficient (Wildman–Crippen LogP) is 4.55. The lowest BCUT2D eigenvalue weighted by atomic mass is 10.2. The van der Waals surface area contributed by atoms with Crippen molar-refractivity contribution in [2.75, 3.05) is 0 Å². The van der Waals surface area contributed by atoms with Gasteiger partial charge < -0.3 is 0 Å². The van der Waals surface area contributed by atoms with Crippen LogP contribution in [0, 0.1) is 4.77 Å². The summed E-state index contributed by atoms with van der Waals surface area (Å²) in [7, 11) is 0. The maximum absolute atomic E-state index is 12.8. The quantitative estimate of drug-likeness (QED) is 0.841. The van der Waals surface area contributed by atoms with E-state index in [0.29, 0.717) is 12.2 Å². The van der Waals surface area contributed by atoms with Gasteiger partial charge in [-0.2, -0.15) is 18.3 Å². The van der Waals surface area contributed by atoms with Gasteiger partial charge in [-0.15, -0.1) is 0 Å². The number of nitrogens with one attached hydrogen (secondary N) is 1. The van der Waals surface area contributed by atoms with Gasteiger partial charge in [0, 0.05) is 6.42 Å². The van der Waals surface area contributed by atoms with Gasteiger partial charge in [0.25, 0.3) is 0 Å². The Hall–Kier alpha value is -1.34. The fourth-order valence-electron chi connectivity index (χ4n) is 1.83. The van der Waals surface area contributed by atoms with E-state index in [1.165, 1.54) is 10.6 Å². The SMILES string of the molecule is CCCc1n[nH]c(=S)n1-c1cc(C(F)(F)F)ccc1Cl. The van der Waals surface area contributed by atoms with E-state index in [2.05, 4.69) is 10.2 Å². The molecule has 0 aliphatic rings. The van der Waals surface area contributed by atoms with Crippen LogP contribution in [0.25, 0.3) is 5.69 Å². The number of aryl methyl sites for hydroxylation is 1. The van der Waals surface area contributed by atoms with Crippen LogP contribution in [0.15, 0.2) is 18.2 Å². The van der Waals surface area contributed by atoms with Crippen LogP contribution in [-0.2, 0) is 12.6 Å². The highest BCUT2D eigenvalue weighted by molar-refractivity contribution is 7.71. The Morgan fingerprint density at radius 3 is 2.70 bits per heavy atom. The molecule has 0 amide bonds. The summed E-state index contributed by atoms with van der Waals surface area (Å²) < 4.78 is 40.0. The molecule has 0 fully saturated rings. The van der Waals surface area contributed by atoms with Crippen LogP contribution >= 0.6 is 23.8 Å². The van der Waals surface area contributed by atoms with Crippen molar-refractivity contribution < 1.29 is 13.2 Å². The van der Waals surface area contributed by atoms with Gasteiger partial charge in [-0.3, -0.25) is 9.67 Å². The van der Waals surface area contributed by atoms with E-state index in [1.54, 1.807) is 0 Å². The summed E-state index contributed by atoms with van der Waals surface area (Å²) in [5.41, 5.74) is -0.592. The number of alkyl halides is 3. The number of hydrogen-bond donors (Lipinski definition) is 1. The highest BCUT2D eigenvalue weighted by atomic mass is 35.5. The van der Waals surface area contributed by atoms with E-state index in [-0.39, 0.29) is 15.5 Å². The van der Waals surface area contributed by atoms with Crippen LogP contribution in [0.5, 0.6) is 0 Å². The molecule has 0 radical (unpaired) electrons. The largest absolute Gasteiger partial charge is 0.416 e. The molecule has 0 bridgehead atoms. The molecule has 1 aromatic heterocycles. The molecule has 1 heterocycles. The predicted molar refractivity (Wildman–Crippen MR) is 72.8 cm³/mol. The number of benzene rings is 1. The van der Waals surface area contributed by atoms with Gasteiger partial charge in [0.2, 0.25) is 0 Å². The fourth-order valence-corrected chi connectivity index (χ4v) is 2.28. The number of nitrogens with zero attached hydrogens (tertiary/aromatic N) is 2. The molecule has 0 atom stereocenters. The van der Waals surface area contributed by atoms with E-state index in [4.69, 9.17) is 23.8 Å². The molecule has 0 saturated carbocycles. The second kappa shape index (κ2) is 5.57. The van der Waals surface area contributed by atoms with Crippen LogP contribution in [0.1, 0.15) is 24.7 Å². The van der Waals surface area contributed by atoms with Crippen molar-refractivity contribution in [2.45, 2.75) is 25.9 Å². The average molecular weight is 322 g/mol. The molecule has 20 heavy (non-hydrogen) atoms. The summed E-state index contributed by atoms with van der Waals surface area (Å²) in [4.78, 5) is 0. The maximum atomic E-state index is 12.8. The molecule has 2 rings (SSSR count). The smallest absolute Gasteiger partial charge is 0.271 e. The third-order valence-corrected chi connectivity index (χ3v) is 3.32. The lowest BCUT2D eigenvalue weighted by molar-refractivity contribution is -0.137. The minimum atomic E-state index is -4.43. The van der Waals surface area contributed by atoms with Crippen molar-refractivity contribution in [2.24, 2.45) is 0 Å². The molecule has 8 heteroatoms. The van der Waals surface area contributed by atoms with E-state index in [0.717, 1.165) is 18.6 Å². The lowest BCUT2D eigenvalue weighted by Gasteiger charge is -2.12. The first-order chi connectivity index (χ1) is 9.34. The summed E-state index contributed by atoms with van der Waals surface area (Å²) in [6.07, 6.45) is -3.06. The second-order valence-electron chi connectivity index (χ2n) is 4.19. The summed E-state index contributed by atoms with van der Waals surface area (Å²) in [5.74, 6) is 0.554. The molecular formula is C12H11ClF3N3S. The Labute approximate surface area is 123 Å². The molecule has 1 N–H and O–H groups in total. The van der Waals surface area contributed by atoms with Crippen molar-refractivity contribution in [3.63, 3.8) is 0 Å². The van der Waals surface area contributed by atoms with Crippen molar-refractivity contribution >= 4 is 23.8 Å². The van der Waals surface area contributed by atoms with Crippen molar-refractivity contribution in [1.29, 1.82) is 0 Å². The molecule has 0 spiro atoms. The highest BCUT2D eigenvalue weighted by Crippen LogP contribution is 2.33. The van der Waals surface area contributed by atoms with Gasteiger partial charge >= 0.3 is 6.18 Å². The van der Waals surface area contributed by atoms with Gasteiger partial charge in [0.15, 0.2) is 4.77 Å². The zero-order valence-electron chi connectivity index (χ0n) is 10.5. The van der Waals surface area contributed by atoms with E-state index < -0.39 is 11.7 Å². The number of aromatic nitrogens is 3. The first-order valence-electron chi connectivity index (χ1n) is 5.88. The van der Waals surface area contributed by atoms with Gasteiger partial charge in [-0.05, 0) is 36.8 Å². The summed E-state index contributed by atoms with van der Waals surface area (Å²) in [6.45, 7) is 1.94. The number of aromatic amines is 1. The Morgan fingerprint density at radius 2 is 2.10 bits per heavy atom. The van der Waals surface area contributed by atoms with E-state index in [9.17, 15) is 13.2 Å². The first kappa shape index (κ1) is 15.1. The first-order valence-corrected chi connectivity index (χ1v) is 6.66. The van der Waals surface area contributed by atoms with Gasteiger partial charge in [0.05, 0.1) is 16.3 Å². The molecule has 2 aromatic rings. The van der Waals surface area contributed by atoms with Gasteiger partial charge in [-0.1, -0.05) is 18.5 Å². The molecule has 0 saturated heterocycles. The molecule has 108 valence electrons. The van der Waals surface area contributed by atoms with E-state index in [1.807, 2.05) is 6.92 Å². The zero-order chi connectivity index (χ0) is 14.9. The molecule has 3 nitrogen and oxygen atoms in total. The number of halogens is 4. The Morgan fingerprint density at radius 1 is 1.40 bits per heavy atom. The highest BCUT2D eigenvalue weighted by Gasteiger charge is 2.31. The molecule has 0 aliphatic carbocycles. The zero-order valence-corrected chi connectivity index (χ0v) is 12.0. The van der Waals surface area contributed by atoms with Crippen molar-refractivity contribution in [3.05, 3.63) is 39.4 Å². The molecule has 0 unspecified atom stereocenters. The number of rotatable bonds is 3. The monoisotopic (exact) mass is 321 g/mol. The normalized spacial score (nSPS) is 11.8.